The van der Waals surface area contributed by atoms with E-state index in [-0.39, 0.29) is 0 Å². The lowest BCUT2D eigenvalue weighted by molar-refractivity contribution is 0.00272. The molecule has 32 heavy (non-hydrogen) atoms. The minimum absolute atomic E-state index is 0.497. The fourth-order valence-electron chi connectivity index (χ4n) is 4.72. The van der Waals surface area contributed by atoms with Crippen LogP contribution in [-0.2, 0) is 11.3 Å². The van der Waals surface area contributed by atoms with Crippen LogP contribution in [0.15, 0.2) is 23.3 Å². The Labute approximate surface area is 194 Å². The van der Waals surface area contributed by atoms with Crippen LogP contribution in [0.25, 0.3) is 0 Å². The zero-order valence-electron chi connectivity index (χ0n) is 20.5. The first-order chi connectivity index (χ1) is 15.6. The molecule has 3 heterocycles. The lowest BCUT2D eigenvalue weighted by Crippen LogP contribution is -2.53. The number of hydrogen-bond acceptors (Lipinski definition) is 6. The van der Waals surface area contributed by atoms with Gasteiger partial charge in [0.2, 0.25) is 0 Å². The van der Waals surface area contributed by atoms with Crippen molar-refractivity contribution >= 4 is 11.8 Å². The van der Waals surface area contributed by atoms with Gasteiger partial charge in [-0.15, -0.1) is 0 Å². The second kappa shape index (κ2) is 13.0. The van der Waals surface area contributed by atoms with E-state index < -0.39 is 0 Å². The second-order valence-electron chi connectivity index (χ2n) is 8.91. The van der Waals surface area contributed by atoms with Crippen molar-refractivity contribution in [2.75, 3.05) is 78.0 Å². The van der Waals surface area contributed by atoms with Crippen molar-refractivity contribution in [3.05, 3.63) is 23.9 Å². The fraction of sp³-hybridized carbons (Fsp3) is 0.750. The van der Waals surface area contributed by atoms with Crippen molar-refractivity contribution in [1.82, 2.24) is 25.4 Å². The highest BCUT2D eigenvalue weighted by atomic mass is 16.5. The lowest BCUT2D eigenvalue weighted by atomic mass is 9.92. The molecule has 1 aromatic heterocycles. The lowest BCUT2D eigenvalue weighted by Gasteiger charge is -2.39. The summed E-state index contributed by atoms with van der Waals surface area (Å²) >= 11 is 0. The minimum atomic E-state index is 0.497. The monoisotopic (exact) mass is 445 g/mol. The van der Waals surface area contributed by atoms with E-state index in [1.807, 2.05) is 13.2 Å². The molecule has 2 N–H and O–H groups in total. The minimum Gasteiger partial charge on any atom is -0.379 e. The van der Waals surface area contributed by atoms with Crippen LogP contribution in [0.2, 0.25) is 0 Å². The molecule has 2 aliphatic rings. The van der Waals surface area contributed by atoms with Gasteiger partial charge in [0, 0.05) is 71.6 Å². The summed E-state index contributed by atoms with van der Waals surface area (Å²) in [4.78, 5) is 16.4. The summed E-state index contributed by atoms with van der Waals surface area (Å²) in [6, 6.07) is 4.78. The number of anilines is 1. The normalized spacial score (nSPS) is 19.9. The van der Waals surface area contributed by atoms with E-state index in [1.54, 1.807) is 0 Å². The van der Waals surface area contributed by atoms with Crippen LogP contribution in [-0.4, -0.2) is 99.9 Å². The van der Waals surface area contributed by atoms with Gasteiger partial charge >= 0.3 is 0 Å². The van der Waals surface area contributed by atoms with E-state index in [0.29, 0.717) is 12.0 Å². The Morgan fingerprint density at radius 1 is 1.09 bits per heavy atom. The van der Waals surface area contributed by atoms with Gasteiger partial charge in [0.15, 0.2) is 5.96 Å². The smallest absolute Gasteiger partial charge is 0.191 e. The van der Waals surface area contributed by atoms with E-state index in [2.05, 4.69) is 68.3 Å². The van der Waals surface area contributed by atoms with Crippen molar-refractivity contribution in [2.24, 2.45) is 10.9 Å². The van der Waals surface area contributed by atoms with Crippen LogP contribution >= 0.6 is 0 Å². The molecule has 0 amide bonds. The molecule has 1 aromatic rings. The number of likely N-dealkylation sites (N-methyl/N-ethyl adjacent to an activating group) is 1. The maximum absolute atomic E-state index is 5.58. The molecule has 1 unspecified atom stereocenters. The maximum Gasteiger partial charge on any atom is 0.191 e. The SMILES string of the molecule is CCC(CC)C(CNC(=NC)NCc1ccnc(N2CCN(C)CC2)c1)N1CCOCC1. The molecule has 2 saturated heterocycles. The molecule has 180 valence electrons. The molecule has 2 aliphatic heterocycles. The Balaban J connectivity index is 1.54. The van der Waals surface area contributed by atoms with Gasteiger partial charge in [-0.1, -0.05) is 26.7 Å². The van der Waals surface area contributed by atoms with Gasteiger partial charge in [0.05, 0.1) is 13.2 Å². The summed E-state index contributed by atoms with van der Waals surface area (Å²) in [7, 11) is 4.02. The van der Waals surface area contributed by atoms with E-state index in [9.17, 15) is 0 Å². The van der Waals surface area contributed by atoms with Gasteiger partial charge in [-0.2, -0.15) is 0 Å². The van der Waals surface area contributed by atoms with Crippen LogP contribution < -0.4 is 15.5 Å². The predicted octanol–water partition coefficient (Wildman–Crippen LogP) is 1.64. The molecule has 0 aliphatic carbocycles. The number of piperazine rings is 1. The molecular formula is C24H43N7O. The van der Waals surface area contributed by atoms with Crippen molar-refractivity contribution in [3.63, 3.8) is 0 Å². The molecule has 1 atom stereocenters. The first-order valence-electron chi connectivity index (χ1n) is 12.3. The highest BCUT2D eigenvalue weighted by Gasteiger charge is 2.27. The van der Waals surface area contributed by atoms with Gasteiger partial charge in [0.1, 0.15) is 5.82 Å². The number of hydrogen-bond donors (Lipinski definition) is 2. The Morgan fingerprint density at radius 3 is 2.47 bits per heavy atom. The quantitative estimate of drug-likeness (QED) is 0.442. The number of aromatic nitrogens is 1. The number of morpholine rings is 1. The number of rotatable bonds is 9. The standard InChI is InChI=1S/C24H43N7O/c1-5-21(6-2)22(30-13-15-32-16-14-30)19-28-24(25-3)27-18-20-7-8-26-23(17-20)31-11-9-29(4)10-12-31/h7-8,17,21-22H,5-6,9-16,18-19H2,1-4H3,(H2,25,27,28). The molecule has 3 rings (SSSR count). The average molecular weight is 446 g/mol. The number of ether oxygens (including phenoxy) is 1. The predicted molar refractivity (Wildman–Crippen MR) is 132 cm³/mol. The molecule has 8 nitrogen and oxygen atoms in total. The topological polar surface area (TPSA) is 68.3 Å². The summed E-state index contributed by atoms with van der Waals surface area (Å²) in [5, 5.41) is 7.09. The Bertz CT molecular complexity index is 695. The van der Waals surface area contributed by atoms with Crippen LogP contribution in [0.1, 0.15) is 32.3 Å². The highest BCUT2D eigenvalue weighted by Crippen LogP contribution is 2.19. The molecular weight excluding hydrogens is 402 g/mol. The van der Waals surface area contributed by atoms with E-state index in [4.69, 9.17) is 4.74 Å². The Morgan fingerprint density at radius 2 is 1.81 bits per heavy atom. The van der Waals surface area contributed by atoms with Gasteiger partial charge in [-0.05, 0) is 30.7 Å². The third-order valence-corrected chi connectivity index (χ3v) is 6.91. The van der Waals surface area contributed by atoms with E-state index in [0.717, 1.165) is 77.3 Å². The number of nitrogens with one attached hydrogen (secondary N) is 2. The summed E-state index contributed by atoms with van der Waals surface area (Å²) < 4.78 is 5.58. The molecule has 8 heteroatoms. The van der Waals surface area contributed by atoms with Crippen LogP contribution in [0.5, 0.6) is 0 Å². The number of aliphatic imine (C=N–C) groups is 1. The van der Waals surface area contributed by atoms with Crippen molar-refractivity contribution in [1.29, 1.82) is 0 Å². The zero-order valence-corrected chi connectivity index (χ0v) is 20.5. The van der Waals surface area contributed by atoms with Gasteiger partial charge in [-0.25, -0.2) is 4.98 Å². The van der Waals surface area contributed by atoms with Crippen LogP contribution in [0, 0.1) is 5.92 Å². The third kappa shape index (κ3) is 7.05. The third-order valence-electron chi connectivity index (χ3n) is 6.91. The molecule has 0 spiro atoms. The number of guanidine groups is 1. The van der Waals surface area contributed by atoms with Crippen LogP contribution in [0.3, 0.4) is 0 Å². The molecule has 0 saturated carbocycles. The first kappa shape index (κ1) is 24.7. The fourth-order valence-corrected chi connectivity index (χ4v) is 4.72. The van der Waals surface area contributed by atoms with Crippen LogP contribution in [0.4, 0.5) is 5.82 Å². The summed E-state index contributed by atoms with van der Waals surface area (Å²) in [5.41, 5.74) is 1.22. The number of pyridine rings is 1. The van der Waals surface area contributed by atoms with E-state index >= 15 is 0 Å². The summed E-state index contributed by atoms with van der Waals surface area (Å²) in [6.45, 7) is 14.2. The molecule has 2 fully saturated rings. The Hall–Kier alpha value is -1.90. The Kier molecular flexibility index (Phi) is 10.0. The molecule has 0 radical (unpaired) electrons. The van der Waals surface area contributed by atoms with Crippen molar-refractivity contribution in [2.45, 2.75) is 39.3 Å². The van der Waals surface area contributed by atoms with Crippen molar-refractivity contribution < 1.29 is 4.74 Å². The average Bonchev–Trinajstić information content (AvgIpc) is 2.84. The first-order valence-corrected chi connectivity index (χ1v) is 12.3. The van der Waals surface area contributed by atoms with E-state index in [1.165, 1.54) is 18.4 Å². The summed E-state index contributed by atoms with van der Waals surface area (Å²) in [5.74, 6) is 2.60. The van der Waals surface area contributed by atoms with Gasteiger partial charge in [-0.3, -0.25) is 9.89 Å². The summed E-state index contributed by atoms with van der Waals surface area (Å²) in [6.07, 6.45) is 4.30. The van der Waals surface area contributed by atoms with Gasteiger partial charge in [0.25, 0.3) is 0 Å². The highest BCUT2D eigenvalue weighted by molar-refractivity contribution is 5.79. The molecule has 0 aromatic carbocycles. The molecule has 0 bridgehead atoms. The van der Waals surface area contributed by atoms with Crippen molar-refractivity contribution in [3.8, 4) is 0 Å². The zero-order chi connectivity index (χ0) is 22.8. The second-order valence-corrected chi connectivity index (χ2v) is 8.91. The number of nitrogens with zero attached hydrogens (tertiary/aromatic N) is 5. The maximum atomic E-state index is 5.58. The van der Waals surface area contributed by atoms with Gasteiger partial charge < -0.3 is 25.2 Å². The largest absolute Gasteiger partial charge is 0.379 e.